The number of aromatic nitrogens is 3. The maximum atomic E-state index is 11.4. The van der Waals surface area contributed by atoms with Crippen LogP contribution in [0.5, 0.6) is 0 Å². The van der Waals surface area contributed by atoms with Crippen molar-refractivity contribution >= 4 is 35.3 Å². The summed E-state index contributed by atoms with van der Waals surface area (Å²) in [5, 5.41) is 17.9. The number of aromatic carboxylic acids is 1. The Kier molecular flexibility index (Phi) is 9.59. The van der Waals surface area contributed by atoms with Crippen molar-refractivity contribution in [2.45, 2.75) is 39.7 Å². The first-order chi connectivity index (χ1) is 13.0. The van der Waals surface area contributed by atoms with Crippen LogP contribution in [-0.2, 0) is 7.05 Å². The number of piperidine rings is 1. The van der Waals surface area contributed by atoms with E-state index in [4.69, 9.17) is 0 Å². The highest BCUT2D eigenvalue weighted by molar-refractivity contribution is 7.79. The van der Waals surface area contributed by atoms with Crippen LogP contribution in [0.3, 0.4) is 0 Å². The molecule has 27 heavy (non-hydrogen) atoms. The van der Waals surface area contributed by atoms with Crippen molar-refractivity contribution in [2.24, 2.45) is 7.05 Å². The third-order valence-electron chi connectivity index (χ3n) is 4.78. The summed E-state index contributed by atoms with van der Waals surface area (Å²) in [6, 6.07) is 4.12. The minimum Gasteiger partial charge on any atom is -0.478 e. The Morgan fingerprint density at radius 3 is 2.30 bits per heavy atom. The zero-order valence-corrected chi connectivity index (χ0v) is 18.2. The van der Waals surface area contributed by atoms with Gasteiger partial charge in [-0.05, 0) is 44.8 Å². The van der Waals surface area contributed by atoms with E-state index in [2.05, 4.69) is 46.6 Å². The van der Waals surface area contributed by atoms with Gasteiger partial charge in [-0.25, -0.2) is 4.79 Å². The van der Waals surface area contributed by atoms with Crippen LogP contribution in [0.1, 0.15) is 44.0 Å². The second-order valence-corrected chi connectivity index (χ2v) is 6.12. The van der Waals surface area contributed by atoms with Gasteiger partial charge in [-0.1, -0.05) is 20.8 Å². The molecule has 8 heteroatoms. The lowest BCUT2D eigenvalue weighted by molar-refractivity contribution is 0.0699. The molecule has 3 rings (SSSR count). The van der Waals surface area contributed by atoms with Gasteiger partial charge in [0.1, 0.15) is 11.0 Å². The van der Waals surface area contributed by atoms with Crippen molar-refractivity contribution in [3.63, 3.8) is 0 Å². The third kappa shape index (κ3) is 5.35. The van der Waals surface area contributed by atoms with E-state index in [-0.39, 0.29) is 5.56 Å². The van der Waals surface area contributed by atoms with Crippen LogP contribution in [0, 0.1) is 0 Å². The summed E-state index contributed by atoms with van der Waals surface area (Å²) >= 11 is 3.53. The van der Waals surface area contributed by atoms with E-state index >= 15 is 0 Å². The first-order valence-corrected chi connectivity index (χ1v) is 10.4. The van der Waals surface area contributed by atoms with Crippen molar-refractivity contribution in [1.29, 1.82) is 0 Å². The molecule has 1 aromatic heterocycles. The van der Waals surface area contributed by atoms with Crippen molar-refractivity contribution in [3.05, 3.63) is 17.7 Å². The lowest BCUT2D eigenvalue weighted by atomic mass is 10.0. The van der Waals surface area contributed by atoms with Gasteiger partial charge in [-0.15, -0.1) is 0 Å². The summed E-state index contributed by atoms with van der Waals surface area (Å²) in [4.78, 5) is 17.5. The Balaban J connectivity index is 0.000000855. The van der Waals surface area contributed by atoms with Gasteiger partial charge in [-0.2, -0.15) is 27.6 Å². The van der Waals surface area contributed by atoms with Crippen LogP contribution in [0.25, 0.3) is 11.0 Å². The van der Waals surface area contributed by atoms with Crippen LogP contribution in [0.2, 0.25) is 0 Å². The van der Waals surface area contributed by atoms with E-state index in [0.717, 1.165) is 38.2 Å². The Hall–Kier alpha value is -1.80. The molecule has 2 heterocycles. The van der Waals surface area contributed by atoms with Gasteiger partial charge >= 0.3 is 5.97 Å². The maximum absolute atomic E-state index is 11.4. The summed E-state index contributed by atoms with van der Waals surface area (Å²) < 4.78 is 0. The molecule has 2 aromatic rings. The second kappa shape index (κ2) is 11.1. The predicted octanol–water partition coefficient (Wildman–Crippen LogP) is 3.16. The van der Waals surface area contributed by atoms with E-state index < -0.39 is 5.97 Å². The molecule has 0 radical (unpaired) electrons. The average Bonchev–Trinajstić information content (AvgIpc) is 3.10. The van der Waals surface area contributed by atoms with Gasteiger partial charge in [-0.3, -0.25) is 0 Å². The molecule has 1 saturated heterocycles. The summed E-state index contributed by atoms with van der Waals surface area (Å²) in [7, 11) is 3.89. The largest absolute Gasteiger partial charge is 0.478 e. The molecule has 1 fully saturated rings. The van der Waals surface area contributed by atoms with Gasteiger partial charge in [0.25, 0.3) is 0 Å². The van der Waals surface area contributed by atoms with Crippen molar-refractivity contribution in [3.8, 4) is 0 Å². The Morgan fingerprint density at radius 2 is 1.78 bits per heavy atom. The lowest BCUT2D eigenvalue weighted by Gasteiger charge is -2.37. The number of carboxylic acids is 1. The minimum absolute atomic E-state index is 0.206. The van der Waals surface area contributed by atoms with Crippen molar-refractivity contribution < 1.29 is 9.90 Å². The smallest absolute Gasteiger partial charge is 0.338 e. The molecule has 1 aliphatic rings. The number of hydrogen-bond donors (Lipinski definition) is 2. The monoisotopic (exact) mass is 395 g/mol. The highest BCUT2D eigenvalue weighted by atomic mass is 32.1. The second-order valence-electron chi connectivity index (χ2n) is 6.12. The number of anilines is 1. The fraction of sp³-hybridized carbons (Fsp3) is 0.632. The Labute approximate surface area is 167 Å². The average molecular weight is 396 g/mol. The summed E-state index contributed by atoms with van der Waals surface area (Å²) in [6.07, 6.45) is 3.90. The standard InChI is InChI=1S/C16H23N5O2.C2H6.CH4S/c1-4-19(2)11-7-9-21(10-8-11)13-6-5-12(16(22)23)14-15(13)18-20(3)17-14;2*1-2/h5-6,11H,4,7-10H2,1-3H3,(H,22,23);1-2H3;2H,1H3. The van der Waals surface area contributed by atoms with Gasteiger partial charge < -0.3 is 14.9 Å². The first kappa shape index (κ1) is 23.2. The van der Waals surface area contributed by atoms with Gasteiger partial charge in [0.05, 0.1) is 11.3 Å². The molecule has 152 valence electrons. The number of benzene rings is 1. The predicted molar refractivity (Wildman–Crippen MR) is 115 cm³/mol. The summed E-state index contributed by atoms with van der Waals surface area (Å²) in [5.74, 6) is -0.967. The third-order valence-corrected chi connectivity index (χ3v) is 4.78. The van der Waals surface area contributed by atoms with Gasteiger partial charge in [0.15, 0.2) is 0 Å². The number of carbonyl (C=O) groups is 1. The fourth-order valence-electron chi connectivity index (χ4n) is 3.31. The Morgan fingerprint density at radius 1 is 1.22 bits per heavy atom. The van der Waals surface area contributed by atoms with Crippen LogP contribution < -0.4 is 4.90 Å². The van der Waals surface area contributed by atoms with Crippen molar-refractivity contribution in [2.75, 3.05) is 37.8 Å². The molecule has 0 atom stereocenters. The molecule has 1 N–H and O–H groups in total. The quantitative estimate of drug-likeness (QED) is 0.775. The highest BCUT2D eigenvalue weighted by Gasteiger charge is 2.25. The lowest BCUT2D eigenvalue weighted by Crippen LogP contribution is -2.43. The van der Waals surface area contributed by atoms with Crippen LogP contribution >= 0.6 is 12.6 Å². The summed E-state index contributed by atoms with van der Waals surface area (Å²) in [6.45, 7) is 9.15. The molecular weight excluding hydrogens is 362 g/mol. The topological polar surface area (TPSA) is 74.5 Å². The van der Waals surface area contributed by atoms with Crippen molar-refractivity contribution in [1.82, 2.24) is 19.9 Å². The molecule has 0 amide bonds. The molecule has 1 aromatic carbocycles. The number of thiol groups is 1. The van der Waals surface area contributed by atoms with Gasteiger partial charge in [0, 0.05) is 26.2 Å². The molecule has 1 aliphatic heterocycles. The number of hydrogen-bond acceptors (Lipinski definition) is 6. The van der Waals surface area contributed by atoms with E-state index in [9.17, 15) is 9.90 Å². The van der Waals surface area contributed by atoms with E-state index in [1.165, 1.54) is 4.80 Å². The SMILES string of the molecule is CC.CCN(C)C1CCN(c2ccc(C(=O)O)c3nn(C)nc23)CC1.CS. The molecule has 0 aliphatic carbocycles. The zero-order valence-electron chi connectivity index (χ0n) is 17.3. The summed E-state index contributed by atoms with van der Waals surface area (Å²) in [5.41, 5.74) is 2.33. The molecule has 7 nitrogen and oxygen atoms in total. The fourth-order valence-corrected chi connectivity index (χ4v) is 3.31. The number of carboxylic acid groups (broad SMARTS) is 1. The van der Waals surface area contributed by atoms with E-state index in [1.807, 2.05) is 19.9 Å². The number of rotatable bonds is 4. The maximum Gasteiger partial charge on any atom is 0.338 e. The normalized spacial score (nSPS) is 14.4. The molecule has 0 bridgehead atoms. The van der Waals surface area contributed by atoms with E-state index in [0.29, 0.717) is 17.1 Å². The van der Waals surface area contributed by atoms with Crippen LogP contribution in [0.15, 0.2) is 12.1 Å². The van der Waals surface area contributed by atoms with Crippen LogP contribution in [-0.4, -0.2) is 69.9 Å². The van der Waals surface area contributed by atoms with Crippen LogP contribution in [0.4, 0.5) is 5.69 Å². The number of nitrogens with zero attached hydrogens (tertiary/aromatic N) is 5. The molecular formula is C19H33N5O2S. The molecule has 0 unspecified atom stereocenters. The number of fused-ring (bicyclic) bond motifs is 1. The van der Waals surface area contributed by atoms with E-state index in [1.54, 1.807) is 19.4 Å². The minimum atomic E-state index is -0.967. The number of aryl methyl sites for hydroxylation is 1. The zero-order chi connectivity index (χ0) is 20.6. The first-order valence-electron chi connectivity index (χ1n) is 9.48. The highest BCUT2D eigenvalue weighted by Crippen LogP contribution is 2.29. The molecule has 0 spiro atoms. The Bertz CT molecular complexity index is 726. The van der Waals surface area contributed by atoms with Gasteiger partial charge in [0.2, 0.25) is 0 Å². The molecule has 0 saturated carbocycles.